The van der Waals surface area contributed by atoms with Crippen LogP contribution >= 0.6 is 15.9 Å². The molecule has 1 fully saturated rings. The van der Waals surface area contributed by atoms with E-state index in [-0.39, 0.29) is 16.8 Å². The maximum absolute atomic E-state index is 12.7. The second-order valence-electron chi connectivity index (χ2n) is 7.02. The molecule has 3 rings (SSSR count). The lowest BCUT2D eigenvalue weighted by atomic mass is 10.1. The number of piperidine rings is 1. The van der Waals surface area contributed by atoms with Crippen LogP contribution in [0.3, 0.4) is 0 Å². The van der Waals surface area contributed by atoms with E-state index >= 15 is 0 Å². The van der Waals surface area contributed by atoms with Gasteiger partial charge in [-0.1, -0.05) is 24.3 Å². The van der Waals surface area contributed by atoms with Crippen molar-refractivity contribution in [3.8, 4) is 0 Å². The highest BCUT2D eigenvalue weighted by molar-refractivity contribution is 9.10. The summed E-state index contributed by atoms with van der Waals surface area (Å²) in [5.41, 5.74) is 1.77. The van der Waals surface area contributed by atoms with Gasteiger partial charge in [-0.2, -0.15) is 0 Å². The fourth-order valence-corrected chi connectivity index (χ4v) is 5.74. The maximum atomic E-state index is 12.7. The molecule has 1 aliphatic rings. The van der Waals surface area contributed by atoms with Gasteiger partial charge in [0.05, 0.1) is 11.4 Å². The van der Waals surface area contributed by atoms with E-state index in [1.165, 1.54) is 0 Å². The van der Waals surface area contributed by atoms with E-state index in [4.69, 9.17) is 0 Å². The molecule has 0 aliphatic carbocycles. The van der Waals surface area contributed by atoms with Gasteiger partial charge in [-0.25, -0.2) is 13.1 Å². The van der Waals surface area contributed by atoms with Crippen molar-refractivity contribution in [2.24, 2.45) is 0 Å². The Morgan fingerprint density at radius 3 is 2.46 bits per heavy atom. The third kappa shape index (κ3) is 5.64. The average molecular weight is 466 g/mol. The van der Waals surface area contributed by atoms with Crippen LogP contribution in [0.2, 0.25) is 0 Å². The lowest BCUT2D eigenvalue weighted by molar-refractivity contribution is -0.117. The predicted octanol–water partition coefficient (Wildman–Crippen LogP) is 3.14. The molecule has 2 aromatic rings. The Hall–Kier alpha value is -1.74. The zero-order chi connectivity index (χ0) is 20.1. The second-order valence-corrected chi connectivity index (χ2v) is 9.56. The minimum Gasteiger partial charge on any atom is -0.325 e. The highest BCUT2D eigenvalue weighted by Crippen LogP contribution is 2.24. The molecule has 0 bridgehead atoms. The summed E-state index contributed by atoms with van der Waals surface area (Å²) in [5, 5.41) is 2.87. The monoisotopic (exact) mass is 465 g/mol. The third-order valence-corrected chi connectivity index (χ3v) is 7.21. The molecule has 0 aromatic heterocycles. The summed E-state index contributed by atoms with van der Waals surface area (Å²) in [7, 11) is -3.58. The number of aryl methyl sites for hydroxylation is 1. The highest BCUT2D eigenvalue weighted by Gasteiger charge is 2.26. The first-order valence-electron chi connectivity index (χ1n) is 9.19. The van der Waals surface area contributed by atoms with Gasteiger partial charge in [0.25, 0.3) is 0 Å². The van der Waals surface area contributed by atoms with Gasteiger partial charge in [0.1, 0.15) is 0 Å². The molecule has 1 aliphatic heterocycles. The zero-order valence-electron chi connectivity index (χ0n) is 15.7. The number of nitrogens with zero attached hydrogens (tertiary/aromatic N) is 1. The quantitative estimate of drug-likeness (QED) is 0.686. The number of halogens is 1. The molecule has 1 saturated heterocycles. The summed E-state index contributed by atoms with van der Waals surface area (Å²) in [6, 6.07) is 14.4. The molecular weight excluding hydrogens is 442 g/mol. The van der Waals surface area contributed by atoms with Crippen LogP contribution in [-0.4, -0.2) is 44.9 Å². The van der Waals surface area contributed by atoms with Gasteiger partial charge in [0.15, 0.2) is 0 Å². The Kier molecular flexibility index (Phi) is 6.87. The van der Waals surface area contributed by atoms with Crippen molar-refractivity contribution in [3.05, 3.63) is 58.6 Å². The van der Waals surface area contributed by atoms with E-state index in [1.807, 2.05) is 42.2 Å². The standard InChI is InChI=1S/C20H24BrN3O3S/c1-15-7-8-19(18(21)13-15)28(26,27)23-17-9-11-24(12-10-17)14-20(25)22-16-5-3-2-4-6-16/h2-8,13,17,23H,9-12,14H2,1H3,(H,22,25). The largest absolute Gasteiger partial charge is 0.325 e. The van der Waals surface area contributed by atoms with E-state index in [0.717, 1.165) is 11.3 Å². The molecule has 0 atom stereocenters. The first-order chi connectivity index (χ1) is 13.3. The van der Waals surface area contributed by atoms with Crippen molar-refractivity contribution in [3.63, 3.8) is 0 Å². The van der Waals surface area contributed by atoms with Crippen molar-refractivity contribution in [2.75, 3.05) is 25.0 Å². The summed E-state index contributed by atoms with van der Waals surface area (Å²) in [6.45, 7) is 3.56. The lowest BCUT2D eigenvalue weighted by Crippen LogP contribution is -2.46. The van der Waals surface area contributed by atoms with Crippen LogP contribution in [0.15, 0.2) is 57.9 Å². The number of anilines is 1. The molecule has 150 valence electrons. The normalized spacial score (nSPS) is 16.1. The maximum Gasteiger partial charge on any atom is 0.241 e. The average Bonchev–Trinajstić information content (AvgIpc) is 2.63. The third-order valence-electron chi connectivity index (χ3n) is 4.71. The number of rotatable bonds is 6. The van der Waals surface area contributed by atoms with Gasteiger partial charge in [-0.05, 0) is 65.5 Å². The van der Waals surface area contributed by atoms with Crippen LogP contribution < -0.4 is 10.0 Å². The van der Waals surface area contributed by atoms with Crippen molar-refractivity contribution < 1.29 is 13.2 Å². The SMILES string of the molecule is Cc1ccc(S(=O)(=O)NC2CCN(CC(=O)Nc3ccccc3)CC2)c(Br)c1. The molecule has 2 N–H and O–H groups in total. The number of hydrogen-bond acceptors (Lipinski definition) is 4. The van der Waals surface area contributed by atoms with E-state index in [9.17, 15) is 13.2 Å². The molecule has 0 spiro atoms. The van der Waals surface area contributed by atoms with Crippen molar-refractivity contribution in [1.29, 1.82) is 0 Å². The van der Waals surface area contributed by atoms with Crippen LogP contribution in [0.1, 0.15) is 18.4 Å². The predicted molar refractivity (Wildman–Crippen MR) is 114 cm³/mol. The summed E-state index contributed by atoms with van der Waals surface area (Å²) < 4.78 is 28.7. The van der Waals surface area contributed by atoms with Crippen molar-refractivity contribution >= 4 is 37.5 Å². The molecule has 0 radical (unpaired) electrons. The second kappa shape index (κ2) is 9.17. The van der Waals surface area contributed by atoms with E-state index in [2.05, 4.69) is 26.0 Å². The van der Waals surface area contributed by atoms with E-state index < -0.39 is 10.0 Å². The molecule has 2 aromatic carbocycles. The van der Waals surface area contributed by atoms with E-state index in [1.54, 1.807) is 18.2 Å². The molecule has 0 saturated carbocycles. The molecule has 1 amide bonds. The smallest absolute Gasteiger partial charge is 0.241 e. The molecule has 28 heavy (non-hydrogen) atoms. The Balaban J connectivity index is 1.50. The van der Waals surface area contributed by atoms with Crippen LogP contribution in [0.25, 0.3) is 0 Å². The lowest BCUT2D eigenvalue weighted by Gasteiger charge is -2.31. The number of nitrogens with one attached hydrogen (secondary N) is 2. The van der Waals surface area contributed by atoms with Gasteiger partial charge in [0, 0.05) is 29.3 Å². The van der Waals surface area contributed by atoms with Gasteiger partial charge in [0.2, 0.25) is 15.9 Å². The van der Waals surface area contributed by atoms with E-state index in [0.29, 0.717) is 36.9 Å². The molecule has 1 heterocycles. The van der Waals surface area contributed by atoms with Crippen molar-refractivity contribution in [1.82, 2.24) is 9.62 Å². The first-order valence-corrected chi connectivity index (χ1v) is 11.5. The van der Waals surface area contributed by atoms with Crippen molar-refractivity contribution in [2.45, 2.75) is 30.7 Å². The molecular formula is C20H24BrN3O3S. The Morgan fingerprint density at radius 2 is 1.82 bits per heavy atom. The minimum absolute atomic E-state index is 0.0613. The Morgan fingerprint density at radius 1 is 1.14 bits per heavy atom. The van der Waals surface area contributed by atoms with Gasteiger partial charge in [-0.15, -0.1) is 0 Å². The number of para-hydroxylation sites is 1. The fourth-order valence-electron chi connectivity index (χ4n) is 3.24. The minimum atomic E-state index is -3.58. The van der Waals surface area contributed by atoms with Crippen LogP contribution in [0, 0.1) is 6.92 Å². The zero-order valence-corrected chi connectivity index (χ0v) is 18.1. The first kappa shape index (κ1) is 21.0. The number of benzene rings is 2. The fraction of sp³-hybridized carbons (Fsp3) is 0.350. The summed E-state index contributed by atoms with van der Waals surface area (Å²) in [5.74, 6) is -0.0613. The molecule has 0 unspecified atom stereocenters. The Labute approximate surface area is 174 Å². The van der Waals surface area contributed by atoms with Crippen LogP contribution in [0.4, 0.5) is 5.69 Å². The summed E-state index contributed by atoms with van der Waals surface area (Å²) >= 11 is 3.34. The molecule has 6 nitrogen and oxygen atoms in total. The number of likely N-dealkylation sites (tertiary alicyclic amines) is 1. The number of carbonyl (C=O) groups is 1. The Bertz CT molecular complexity index is 927. The summed E-state index contributed by atoms with van der Waals surface area (Å²) in [6.07, 6.45) is 1.34. The van der Waals surface area contributed by atoms with Gasteiger partial charge < -0.3 is 5.32 Å². The van der Waals surface area contributed by atoms with Gasteiger partial charge in [-0.3, -0.25) is 9.69 Å². The number of carbonyl (C=O) groups excluding carboxylic acids is 1. The highest BCUT2D eigenvalue weighted by atomic mass is 79.9. The topological polar surface area (TPSA) is 78.5 Å². The number of hydrogen-bond donors (Lipinski definition) is 2. The number of amides is 1. The van der Waals surface area contributed by atoms with Crippen LogP contribution in [0.5, 0.6) is 0 Å². The van der Waals surface area contributed by atoms with Crippen LogP contribution in [-0.2, 0) is 14.8 Å². The number of sulfonamides is 1. The summed E-state index contributed by atoms with van der Waals surface area (Å²) in [4.78, 5) is 14.5. The van der Waals surface area contributed by atoms with Gasteiger partial charge >= 0.3 is 0 Å². The molecule has 8 heteroatoms.